The van der Waals surface area contributed by atoms with Gasteiger partial charge in [-0.15, -0.1) is 0 Å². The molecule has 0 saturated heterocycles. The molecule has 0 aliphatic carbocycles. The Balaban J connectivity index is 2.28. The van der Waals surface area contributed by atoms with Crippen molar-refractivity contribution in [1.29, 1.82) is 0 Å². The molecule has 2 aromatic carbocycles. The lowest BCUT2D eigenvalue weighted by molar-refractivity contribution is 0.884. The van der Waals surface area contributed by atoms with Crippen LogP contribution < -0.4 is 5.32 Å². The summed E-state index contributed by atoms with van der Waals surface area (Å²) in [5.74, 6) is 0. The van der Waals surface area contributed by atoms with Crippen molar-refractivity contribution in [3.05, 3.63) is 61.0 Å². The second-order valence-electron chi connectivity index (χ2n) is 4.61. The van der Waals surface area contributed by atoms with E-state index in [0.717, 1.165) is 15.7 Å². The van der Waals surface area contributed by atoms with Gasteiger partial charge in [-0.05, 0) is 59.1 Å². The highest BCUT2D eigenvalue weighted by molar-refractivity contribution is 9.10. The Morgan fingerprint density at radius 3 is 2.40 bits per heavy atom. The van der Waals surface area contributed by atoms with Crippen molar-refractivity contribution < 1.29 is 0 Å². The third-order valence-corrected chi connectivity index (χ3v) is 4.99. The molecule has 2 rings (SSSR count). The molecule has 0 saturated carbocycles. The summed E-state index contributed by atoms with van der Waals surface area (Å²) >= 11 is 21.8. The van der Waals surface area contributed by atoms with Gasteiger partial charge in [-0.2, -0.15) is 0 Å². The van der Waals surface area contributed by atoms with Crippen LogP contribution in [0, 0.1) is 6.92 Å². The molecule has 0 aliphatic rings. The molecule has 0 fully saturated rings. The summed E-state index contributed by atoms with van der Waals surface area (Å²) < 4.78 is 1.01. The molecule has 0 spiro atoms. The van der Waals surface area contributed by atoms with Gasteiger partial charge in [-0.3, -0.25) is 0 Å². The van der Waals surface area contributed by atoms with Gasteiger partial charge >= 0.3 is 0 Å². The first-order valence-corrected chi connectivity index (χ1v) is 7.99. The number of nitrogens with one attached hydrogen (secondary N) is 1. The number of hydrogen-bond donors (Lipinski definition) is 1. The molecule has 5 heteroatoms. The van der Waals surface area contributed by atoms with Crippen molar-refractivity contribution in [3.63, 3.8) is 0 Å². The molecule has 106 valence electrons. The lowest BCUT2D eigenvalue weighted by Gasteiger charge is -2.19. The maximum Gasteiger partial charge on any atom is 0.0782 e. The molecule has 1 N–H and O–H groups in total. The van der Waals surface area contributed by atoms with Crippen LogP contribution in [0.25, 0.3) is 0 Å². The Bertz CT molecular complexity index is 643. The highest BCUT2D eigenvalue weighted by atomic mass is 79.9. The second-order valence-corrected chi connectivity index (χ2v) is 6.63. The van der Waals surface area contributed by atoms with Crippen molar-refractivity contribution >= 4 is 56.4 Å². The van der Waals surface area contributed by atoms with Gasteiger partial charge in [0.2, 0.25) is 0 Å². The van der Waals surface area contributed by atoms with Crippen LogP contribution in [0.4, 0.5) is 5.69 Å². The molecule has 0 aromatic heterocycles. The van der Waals surface area contributed by atoms with Gasteiger partial charge in [0.15, 0.2) is 0 Å². The fraction of sp³-hybridized carbons (Fsp3) is 0.200. The third kappa shape index (κ3) is 3.43. The highest BCUT2D eigenvalue weighted by Crippen LogP contribution is 2.37. The van der Waals surface area contributed by atoms with E-state index in [0.29, 0.717) is 15.1 Å². The largest absolute Gasteiger partial charge is 0.378 e. The van der Waals surface area contributed by atoms with E-state index in [1.807, 2.05) is 26.0 Å². The first kappa shape index (κ1) is 16.0. The fourth-order valence-electron chi connectivity index (χ4n) is 1.92. The van der Waals surface area contributed by atoms with E-state index in [4.69, 9.17) is 34.8 Å². The summed E-state index contributed by atoms with van der Waals surface area (Å²) in [6, 6.07) is 9.80. The van der Waals surface area contributed by atoms with E-state index in [2.05, 4.69) is 33.4 Å². The maximum absolute atomic E-state index is 6.26. The van der Waals surface area contributed by atoms with Crippen LogP contribution in [0.3, 0.4) is 0 Å². The standard InChI is InChI=1S/C15H13BrCl3N/c1-8-3-6-13(11(16)7-8)20-9(2)10-4-5-12(17)15(19)14(10)18/h3-7,9,20H,1-2H3. The van der Waals surface area contributed by atoms with Crippen molar-refractivity contribution in [2.45, 2.75) is 19.9 Å². The smallest absolute Gasteiger partial charge is 0.0782 e. The maximum atomic E-state index is 6.26. The normalized spacial score (nSPS) is 12.3. The van der Waals surface area contributed by atoms with Gasteiger partial charge < -0.3 is 5.32 Å². The van der Waals surface area contributed by atoms with Crippen molar-refractivity contribution in [3.8, 4) is 0 Å². The van der Waals surface area contributed by atoms with E-state index >= 15 is 0 Å². The monoisotopic (exact) mass is 391 g/mol. The second kappa shape index (κ2) is 6.57. The summed E-state index contributed by atoms with van der Waals surface area (Å²) in [5.41, 5.74) is 3.11. The summed E-state index contributed by atoms with van der Waals surface area (Å²) in [6.45, 7) is 4.07. The van der Waals surface area contributed by atoms with Crippen LogP contribution in [0.15, 0.2) is 34.8 Å². The number of anilines is 1. The van der Waals surface area contributed by atoms with Crippen molar-refractivity contribution in [1.82, 2.24) is 0 Å². The van der Waals surface area contributed by atoms with Gasteiger partial charge in [0.25, 0.3) is 0 Å². The summed E-state index contributed by atoms with van der Waals surface area (Å²) in [7, 11) is 0. The van der Waals surface area contributed by atoms with E-state index in [1.54, 1.807) is 6.07 Å². The average Bonchev–Trinajstić information content (AvgIpc) is 2.39. The zero-order valence-corrected chi connectivity index (χ0v) is 14.8. The predicted octanol–water partition coefficient (Wildman–Crippen LogP) is 6.89. The van der Waals surface area contributed by atoms with Gasteiger partial charge in [0, 0.05) is 10.2 Å². The van der Waals surface area contributed by atoms with Crippen LogP contribution in [-0.2, 0) is 0 Å². The Kier molecular flexibility index (Phi) is 5.25. The fourth-order valence-corrected chi connectivity index (χ4v) is 3.24. The van der Waals surface area contributed by atoms with Crippen molar-refractivity contribution in [2.24, 2.45) is 0 Å². The topological polar surface area (TPSA) is 12.0 Å². The highest BCUT2D eigenvalue weighted by Gasteiger charge is 2.15. The quantitative estimate of drug-likeness (QED) is 0.560. The van der Waals surface area contributed by atoms with Gasteiger partial charge in [-0.1, -0.05) is 46.9 Å². The molecule has 0 radical (unpaired) electrons. The number of hydrogen-bond acceptors (Lipinski definition) is 1. The summed E-state index contributed by atoms with van der Waals surface area (Å²) in [4.78, 5) is 0. The molecule has 20 heavy (non-hydrogen) atoms. The van der Waals surface area contributed by atoms with E-state index in [9.17, 15) is 0 Å². The first-order valence-electron chi connectivity index (χ1n) is 6.06. The minimum Gasteiger partial charge on any atom is -0.378 e. The van der Waals surface area contributed by atoms with Gasteiger partial charge in [0.1, 0.15) is 0 Å². The van der Waals surface area contributed by atoms with Crippen LogP contribution in [0.5, 0.6) is 0 Å². The third-order valence-electron chi connectivity index (χ3n) is 3.03. The first-order chi connectivity index (χ1) is 9.40. The molecule has 0 amide bonds. The predicted molar refractivity (Wildman–Crippen MR) is 92.4 cm³/mol. The van der Waals surface area contributed by atoms with Crippen LogP contribution >= 0.6 is 50.7 Å². The Labute approximate surface area is 142 Å². The molecular weight excluding hydrogens is 380 g/mol. The van der Waals surface area contributed by atoms with Crippen LogP contribution in [0.1, 0.15) is 24.1 Å². The SMILES string of the molecule is Cc1ccc(NC(C)c2ccc(Cl)c(Cl)c2Cl)c(Br)c1. The summed E-state index contributed by atoms with van der Waals surface area (Å²) in [6.07, 6.45) is 0. The molecule has 1 unspecified atom stereocenters. The molecule has 0 aliphatic heterocycles. The lowest BCUT2D eigenvalue weighted by Crippen LogP contribution is -2.08. The molecule has 2 aromatic rings. The molecule has 1 atom stereocenters. The minimum atomic E-state index is 0.0104. The van der Waals surface area contributed by atoms with Crippen LogP contribution in [0.2, 0.25) is 15.1 Å². The zero-order valence-electron chi connectivity index (χ0n) is 11.0. The molecule has 0 bridgehead atoms. The van der Waals surface area contributed by atoms with E-state index in [-0.39, 0.29) is 6.04 Å². The number of benzene rings is 2. The Morgan fingerprint density at radius 1 is 1.05 bits per heavy atom. The Morgan fingerprint density at radius 2 is 1.75 bits per heavy atom. The summed E-state index contributed by atoms with van der Waals surface area (Å²) in [5, 5.41) is 4.75. The van der Waals surface area contributed by atoms with E-state index < -0.39 is 0 Å². The lowest BCUT2D eigenvalue weighted by atomic mass is 10.1. The van der Waals surface area contributed by atoms with Gasteiger partial charge in [0.05, 0.1) is 21.1 Å². The molecule has 1 nitrogen and oxygen atoms in total. The van der Waals surface area contributed by atoms with Gasteiger partial charge in [-0.25, -0.2) is 0 Å². The van der Waals surface area contributed by atoms with Crippen LogP contribution in [-0.4, -0.2) is 0 Å². The Hall–Kier alpha value is -0.410. The molecular formula is C15H13BrCl3N. The number of rotatable bonds is 3. The van der Waals surface area contributed by atoms with Crippen molar-refractivity contribution in [2.75, 3.05) is 5.32 Å². The number of aryl methyl sites for hydroxylation is 1. The van der Waals surface area contributed by atoms with E-state index in [1.165, 1.54) is 5.56 Å². The zero-order chi connectivity index (χ0) is 14.9. The average molecular weight is 394 g/mol. The minimum absolute atomic E-state index is 0.0104. The molecule has 0 heterocycles. The number of halogens is 4.